The van der Waals surface area contributed by atoms with E-state index in [9.17, 15) is 5.11 Å². The second kappa shape index (κ2) is 3.36. The largest absolute Gasteiger partial charge is 0.385 e. The van der Waals surface area contributed by atoms with Crippen molar-refractivity contribution in [2.75, 3.05) is 0 Å². The van der Waals surface area contributed by atoms with Crippen molar-refractivity contribution in [1.29, 1.82) is 0 Å². The third-order valence-corrected chi connectivity index (χ3v) is 2.15. The Morgan fingerprint density at radius 3 is 3.07 bits per heavy atom. The number of pyridine rings is 1. The van der Waals surface area contributed by atoms with Crippen molar-refractivity contribution >= 4 is 11.0 Å². The topological polar surface area (TPSA) is 87.8 Å². The molecule has 5 heteroatoms. The molecule has 2 aromatic heterocycles. The fourth-order valence-electron chi connectivity index (χ4n) is 1.36. The summed E-state index contributed by atoms with van der Waals surface area (Å²) in [6, 6.07) is 3.32. The molecule has 74 valence electrons. The Morgan fingerprint density at radius 2 is 2.36 bits per heavy atom. The van der Waals surface area contributed by atoms with E-state index in [4.69, 9.17) is 5.73 Å². The van der Waals surface area contributed by atoms with Gasteiger partial charge in [-0.2, -0.15) is 5.10 Å². The van der Waals surface area contributed by atoms with E-state index in [-0.39, 0.29) is 6.04 Å². The number of aromatic nitrogens is 3. The van der Waals surface area contributed by atoms with Gasteiger partial charge in [0.05, 0.1) is 5.69 Å². The SMILES string of the molecule is CC(N)C(O)c1[nH]nc2ncccc12. The number of H-pyrrole nitrogens is 1. The van der Waals surface area contributed by atoms with Crippen molar-refractivity contribution in [2.45, 2.75) is 19.1 Å². The number of hydrogen-bond acceptors (Lipinski definition) is 4. The lowest BCUT2D eigenvalue weighted by molar-refractivity contribution is 0.150. The Morgan fingerprint density at radius 1 is 1.57 bits per heavy atom. The summed E-state index contributed by atoms with van der Waals surface area (Å²) >= 11 is 0. The molecule has 0 aromatic carbocycles. The number of nitrogens with two attached hydrogens (primary N) is 1. The van der Waals surface area contributed by atoms with E-state index in [1.165, 1.54) is 0 Å². The molecule has 14 heavy (non-hydrogen) atoms. The van der Waals surface area contributed by atoms with Crippen LogP contribution in [-0.4, -0.2) is 26.3 Å². The van der Waals surface area contributed by atoms with Crippen molar-refractivity contribution < 1.29 is 5.11 Å². The maximum Gasteiger partial charge on any atom is 0.181 e. The van der Waals surface area contributed by atoms with Gasteiger partial charge in [-0.3, -0.25) is 5.10 Å². The average Bonchev–Trinajstić information content (AvgIpc) is 2.60. The number of nitrogens with zero attached hydrogens (tertiary/aromatic N) is 2. The number of fused-ring (bicyclic) bond motifs is 1. The Labute approximate surface area is 81.0 Å². The first kappa shape index (κ1) is 9.11. The van der Waals surface area contributed by atoms with Gasteiger partial charge in [0.2, 0.25) is 0 Å². The van der Waals surface area contributed by atoms with E-state index in [0.717, 1.165) is 5.39 Å². The van der Waals surface area contributed by atoms with Gasteiger partial charge in [-0.25, -0.2) is 4.98 Å². The van der Waals surface area contributed by atoms with E-state index < -0.39 is 6.10 Å². The van der Waals surface area contributed by atoms with Gasteiger partial charge in [0.25, 0.3) is 0 Å². The van der Waals surface area contributed by atoms with Crippen LogP contribution in [0.3, 0.4) is 0 Å². The third-order valence-electron chi connectivity index (χ3n) is 2.15. The maximum atomic E-state index is 9.76. The molecule has 0 saturated heterocycles. The minimum absolute atomic E-state index is 0.334. The van der Waals surface area contributed by atoms with E-state index in [0.29, 0.717) is 11.3 Å². The summed E-state index contributed by atoms with van der Waals surface area (Å²) in [5, 5.41) is 17.3. The molecule has 0 aliphatic rings. The summed E-state index contributed by atoms with van der Waals surface area (Å²) in [6.45, 7) is 1.74. The molecule has 0 radical (unpaired) electrons. The lowest BCUT2D eigenvalue weighted by atomic mass is 10.1. The van der Waals surface area contributed by atoms with E-state index in [2.05, 4.69) is 15.2 Å². The average molecular weight is 192 g/mol. The normalized spacial score (nSPS) is 15.6. The lowest BCUT2D eigenvalue weighted by Crippen LogP contribution is -2.24. The van der Waals surface area contributed by atoms with Crippen LogP contribution in [0, 0.1) is 0 Å². The van der Waals surface area contributed by atoms with E-state index in [1.807, 2.05) is 6.07 Å². The minimum Gasteiger partial charge on any atom is -0.385 e. The van der Waals surface area contributed by atoms with Crippen LogP contribution in [0.5, 0.6) is 0 Å². The summed E-state index contributed by atoms with van der Waals surface area (Å²) in [7, 11) is 0. The van der Waals surface area contributed by atoms with Gasteiger partial charge in [-0.1, -0.05) is 0 Å². The zero-order chi connectivity index (χ0) is 10.1. The fourth-order valence-corrected chi connectivity index (χ4v) is 1.36. The molecular formula is C9H12N4O. The predicted octanol–water partition coefficient (Wildman–Crippen LogP) is 0.338. The summed E-state index contributed by atoms with van der Waals surface area (Å²) < 4.78 is 0. The molecule has 2 rings (SSSR count). The summed E-state index contributed by atoms with van der Waals surface area (Å²) in [4.78, 5) is 4.05. The molecule has 5 nitrogen and oxygen atoms in total. The van der Waals surface area contributed by atoms with Crippen LogP contribution in [0.4, 0.5) is 0 Å². The molecule has 0 spiro atoms. The van der Waals surface area contributed by atoms with Crippen LogP contribution in [0.25, 0.3) is 11.0 Å². The molecule has 2 unspecified atom stereocenters. The van der Waals surface area contributed by atoms with Crippen LogP contribution in [-0.2, 0) is 0 Å². The van der Waals surface area contributed by atoms with Crippen molar-refractivity contribution in [3.8, 4) is 0 Å². The number of aliphatic hydroxyl groups excluding tert-OH is 1. The van der Waals surface area contributed by atoms with Crippen molar-refractivity contribution in [1.82, 2.24) is 15.2 Å². The van der Waals surface area contributed by atoms with Gasteiger partial charge in [-0.05, 0) is 19.1 Å². The number of rotatable bonds is 2. The summed E-state index contributed by atoms with van der Waals surface area (Å²) in [5.74, 6) is 0. The second-order valence-corrected chi connectivity index (χ2v) is 3.32. The molecule has 2 atom stereocenters. The Hall–Kier alpha value is -1.46. The first-order valence-electron chi connectivity index (χ1n) is 4.43. The van der Waals surface area contributed by atoms with Gasteiger partial charge >= 0.3 is 0 Å². The highest BCUT2D eigenvalue weighted by Crippen LogP contribution is 2.21. The Kier molecular flexibility index (Phi) is 2.18. The van der Waals surface area contributed by atoms with Gasteiger partial charge in [-0.15, -0.1) is 0 Å². The minimum atomic E-state index is -0.732. The molecule has 0 fully saturated rings. The molecular weight excluding hydrogens is 180 g/mol. The van der Waals surface area contributed by atoms with Gasteiger partial charge in [0.1, 0.15) is 6.10 Å². The lowest BCUT2D eigenvalue weighted by Gasteiger charge is -2.12. The quantitative estimate of drug-likeness (QED) is 0.640. The zero-order valence-corrected chi connectivity index (χ0v) is 7.81. The van der Waals surface area contributed by atoms with Gasteiger partial charge < -0.3 is 10.8 Å². The van der Waals surface area contributed by atoms with E-state index >= 15 is 0 Å². The molecule has 4 N–H and O–H groups in total. The molecule has 2 heterocycles. The van der Waals surface area contributed by atoms with Crippen LogP contribution < -0.4 is 5.73 Å². The second-order valence-electron chi connectivity index (χ2n) is 3.32. The smallest absolute Gasteiger partial charge is 0.181 e. The predicted molar refractivity (Wildman–Crippen MR) is 52.5 cm³/mol. The van der Waals surface area contributed by atoms with Crippen LogP contribution in [0.15, 0.2) is 18.3 Å². The molecule has 0 aliphatic heterocycles. The van der Waals surface area contributed by atoms with Crippen LogP contribution in [0.1, 0.15) is 18.7 Å². The van der Waals surface area contributed by atoms with Crippen LogP contribution in [0.2, 0.25) is 0 Å². The number of hydrogen-bond donors (Lipinski definition) is 3. The van der Waals surface area contributed by atoms with Crippen molar-refractivity contribution in [3.63, 3.8) is 0 Å². The molecule has 0 amide bonds. The highest BCUT2D eigenvalue weighted by atomic mass is 16.3. The number of aliphatic hydroxyl groups is 1. The van der Waals surface area contributed by atoms with Crippen LogP contribution >= 0.6 is 0 Å². The molecule has 0 aliphatic carbocycles. The Balaban J connectivity index is 2.53. The zero-order valence-electron chi connectivity index (χ0n) is 7.81. The van der Waals surface area contributed by atoms with Gasteiger partial charge in [0.15, 0.2) is 5.65 Å². The molecule has 2 aromatic rings. The number of nitrogens with one attached hydrogen (secondary N) is 1. The van der Waals surface area contributed by atoms with Crippen molar-refractivity contribution in [3.05, 3.63) is 24.0 Å². The number of aromatic amines is 1. The van der Waals surface area contributed by atoms with Crippen molar-refractivity contribution in [2.24, 2.45) is 5.73 Å². The monoisotopic (exact) mass is 192 g/mol. The highest BCUT2D eigenvalue weighted by molar-refractivity contribution is 5.77. The first-order valence-corrected chi connectivity index (χ1v) is 4.43. The summed E-state index contributed by atoms with van der Waals surface area (Å²) in [5.41, 5.74) is 6.83. The fraction of sp³-hybridized carbons (Fsp3) is 0.333. The van der Waals surface area contributed by atoms with E-state index in [1.54, 1.807) is 19.2 Å². The Bertz CT molecular complexity index is 437. The van der Waals surface area contributed by atoms with Gasteiger partial charge in [0, 0.05) is 17.6 Å². The molecule has 0 bridgehead atoms. The molecule has 0 saturated carbocycles. The third kappa shape index (κ3) is 1.36. The highest BCUT2D eigenvalue weighted by Gasteiger charge is 2.17. The standard InChI is InChI=1S/C9H12N4O/c1-5(10)8(14)7-6-3-2-4-11-9(6)13-12-7/h2-5,8,14H,10H2,1H3,(H,11,12,13). The summed E-state index contributed by atoms with van der Waals surface area (Å²) in [6.07, 6.45) is 0.926. The first-order chi connectivity index (χ1) is 6.70. The maximum absolute atomic E-state index is 9.76.